The van der Waals surface area contributed by atoms with Crippen molar-refractivity contribution < 1.29 is 31.9 Å². The van der Waals surface area contributed by atoms with Crippen molar-refractivity contribution in [3.8, 4) is 11.3 Å². The zero-order valence-electron chi connectivity index (χ0n) is 16.9. The molecule has 2 aromatic carbocycles. The third-order valence-corrected chi connectivity index (χ3v) is 4.90. The summed E-state index contributed by atoms with van der Waals surface area (Å²) in [5.41, 5.74) is -0.195. The molecular weight excluding hydrogens is 449 g/mol. The Morgan fingerprint density at radius 2 is 1.75 bits per heavy atom. The standard InChI is InChI=1S/C22H18ClF3N2O4/c1-28(11-13-14(23)4-2-5-15(13)24)20(29)12-31-21(30)9-8-19-27-10-18(32-19)22-16(25)6-3-7-17(22)26/h2-7,10H,8-9,11-12H2,1H3. The molecule has 1 aromatic heterocycles. The number of likely N-dealkylation sites (N-methyl/N-ethyl adjacent to an activating group) is 1. The Morgan fingerprint density at radius 1 is 1.09 bits per heavy atom. The number of nitrogens with zero attached hydrogens (tertiary/aromatic N) is 2. The molecule has 1 heterocycles. The van der Waals surface area contributed by atoms with Crippen LogP contribution in [0.2, 0.25) is 5.02 Å². The van der Waals surface area contributed by atoms with Crippen molar-refractivity contribution in [2.45, 2.75) is 19.4 Å². The maximum Gasteiger partial charge on any atom is 0.306 e. The van der Waals surface area contributed by atoms with Gasteiger partial charge in [-0.3, -0.25) is 9.59 Å². The number of halogens is 4. The summed E-state index contributed by atoms with van der Waals surface area (Å²) >= 11 is 5.94. The van der Waals surface area contributed by atoms with E-state index in [2.05, 4.69) is 4.98 Å². The molecule has 6 nitrogen and oxygen atoms in total. The van der Waals surface area contributed by atoms with Gasteiger partial charge in [-0.15, -0.1) is 0 Å². The second-order valence-corrected chi connectivity index (χ2v) is 7.23. The first-order valence-electron chi connectivity index (χ1n) is 9.48. The molecule has 168 valence electrons. The van der Waals surface area contributed by atoms with E-state index in [1.807, 2.05) is 0 Å². The van der Waals surface area contributed by atoms with Crippen molar-refractivity contribution in [2.75, 3.05) is 13.7 Å². The van der Waals surface area contributed by atoms with Crippen molar-refractivity contribution in [1.82, 2.24) is 9.88 Å². The van der Waals surface area contributed by atoms with E-state index in [1.54, 1.807) is 0 Å². The highest BCUT2D eigenvalue weighted by atomic mass is 35.5. The molecular formula is C22H18ClF3N2O4. The van der Waals surface area contributed by atoms with Crippen LogP contribution < -0.4 is 0 Å². The minimum atomic E-state index is -0.800. The smallest absolute Gasteiger partial charge is 0.306 e. The van der Waals surface area contributed by atoms with Gasteiger partial charge in [-0.25, -0.2) is 18.2 Å². The molecule has 10 heteroatoms. The lowest BCUT2D eigenvalue weighted by atomic mass is 10.1. The zero-order valence-corrected chi connectivity index (χ0v) is 17.7. The Labute approximate surface area is 186 Å². The molecule has 32 heavy (non-hydrogen) atoms. The summed E-state index contributed by atoms with van der Waals surface area (Å²) in [6, 6.07) is 7.60. The lowest BCUT2D eigenvalue weighted by molar-refractivity contribution is -0.151. The second-order valence-electron chi connectivity index (χ2n) is 6.83. The van der Waals surface area contributed by atoms with Gasteiger partial charge in [0, 0.05) is 30.6 Å². The van der Waals surface area contributed by atoms with Gasteiger partial charge in [0.2, 0.25) is 0 Å². The number of hydrogen-bond acceptors (Lipinski definition) is 5. The number of benzene rings is 2. The summed E-state index contributed by atoms with van der Waals surface area (Å²) in [4.78, 5) is 29.2. The maximum absolute atomic E-state index is 13.8. The highest BCUT2D eigenvalue weighted by Gasteiger charge is 2.18. The number of carbonyl (C=O) groups is 2. The summed E-state index contributed by atoms with van der Waals surface area (Å²) < 4.78 is 51.7. The van der Waals surface area contributed by atoms with Crippen molar-refractivity contribution in [1.29, 1.82) is 0 Å². The molecule has 0 saturated heterocycles. The summed E-state index contributed by atoms with van der Waals surface area (Å²) in [6.45, 7) is -0.633. The predicted octanol–water partition coefficient (Wildman–Crippen LogP) is 4.55. The molecule has 0 fully saturated rings. The average Bonchev–Trinajstić information content (AvgIpc) is 3.21. The zero-order chi connectivity index (χ0) is 23.3. The Hall–Kier alpha value is -3.33. The summed E-state index contributed by atoms with van der Waals surface area (Å²) in [5.74, 6) is -3.42. The number of rotatable bonds is 8. The van der Waals surface area contributed by atoms with Crippen LogP contribution in [0.5, 0.6) is 0 Å². The molecule has 0 radical (unpaired) electrons. The van der Waals surface area contributed by atoms with E-state index >= 15 is 0 Å². The van der Waals surface area contributed by atoms with E-state index in [9.17, 15) is 22.8 Å². The van der Waals surface area contributed by atoms with Gasteiger partial charge in [0.05, 0.1) is 18.2 Å². The molecule has 0 aliphatic carbocycles. The third-order valence-electron chi connectivity index (χ3n) is 4.55. The number of hydrogen-bond donors (Lipinski definition) is 0. The number of esters is 1. The lowest BCUT2D eigenvalue weighted by Gasteiger charge is -2.18. The molecule has 0 bridgehead atoms. The molecule has 0 atom stereocenters. The van der Waals surface area contributed by atoms with Gasteiger partial charge in [0.1, 0.15) is 17.5 Å². The van der Waals surface area contributed by atoms with Crippen molar-refractivity contribution in [3.63, 3.8) is 0 Å². The summed E-state index contributed by atoms with van der Waals surface area (Å²) in [6.07, 6.45) is 0.994. The van der Waals surface area contributed by atoms with E-state index < -0.39 is 35.9 Å². The molecule has 0 aliphatic rings. The van der Waals surface area contributed by atoms with Gasteiger partial charge in [-0.2, -0.15) is 0 Å². The minimum Gasteiger partial charge on any atom is -0.456 e. The molecule has 3 aromatic rings. The maximum atomic E-state index is 13.8. The highest BCUT2D eigenvalue weighted by molar-refractivity contribution is 6.31. The molecule has 0 saturated carbocycles. The SMILES string of the molecule is CN(Cc1c(F)cccc1Cl)C(=O)COC(=O)CCc1ncc(-c2c(F)cccc2F)o1. The highest BCUT2D eigenvalue weighted by Crippen LogP contribution is 2.27. The van der Waals surface area contributed by atoms with Gasteiger partial charge in [-0.05, 0) is 24.3 Å². The first kappa shape index (κ1) is 23.3. The largest absolute Gasteiger partial charge is 0.456 e. The van der Waals surface area contributed by atoms with Crippen LogP contribution in [0.1, 0.15) is 17.9 Å². The number of ether oxygens (including phenoxy) is 1. The number of carbonyl (C=O) groups excluding carboxylic acids is 2. The van der Waals surface area contributed by atoms with E-state index in [0.29, 0.717) is 0 Å². The van der Waals surface area contributed by atoms with Crippen molar-refractivity contribution >= 4 is 23.5 Å². The fraction of sp³-hybridized carbons (Fsp3) is 0.227. The lowest BCUT2D eigenvalue weighted by Crippen LogP contribution is -2.31. The summed E-state index contributed by atoms with van der Waals surface area (Å²) in [5, 5.41) is 0.183. The Bertz CT molecular complexity index is 1100. The fourth-order valence-electron chi connectivity index (χ4n) is 2.82. The molecule has 1 amide bonds. The monoisotopic (exact) mass is 466 g/mol. The van der Waals surface area contributed by atoms with Crippen LogP contribution in [0.15, 0.2) is 47.0 Å². The van der Waals surface area contributed by atoms with E-state index in [0.717, 1.165) is 18.3 Å². The number of oxazole rings is 1. The molecule has 0 aliphatic heterocycles. The molecule has 0 N–H and O–H groups in total. The Morgan fingerprint density at radius 3 is 2.44 bits per heavy atom. The van der Waals surface area contributed by atoms with Crippen LogP contribution in [-0.4, -0.2) is 35.4 Å². The molecule has 0 spiro atoms. The topological polar surface area (TPSA) is 72.6 Å². The van der Waals surface area contributed by atoms with Gasteiger partial charge in [0.15, 0.2) is 18.3 Å². The summed E-state index contributed by atoms with van der Waals surface area (Å²) in [7, 11) is 1.43. The van der Waals surface area contributed by atoms with E-state index in [4.69, 9.17) is 20.8 Å². The normalized spacial score (nSPS) is 10.8. The van der Waals surface area contributed by atoms with Gasteiger partial charge in [-0.1, -0.05) is 23.7 Å². The number of amides is 1. The van der Waals surface area contributed by atoms with Crippen LogP contribution in [0.25, 0.3) is 11.3 Å². The second kappa shape index (κ2) is 10.3. The van der Waals surface area contributed by atoms with Gasteiger partial charge < -0.3 is 14.1 Å². The quantitative estimate of drug-likeness (QED) is 0.455. The number of aryl methyl sites for hydroxylation is 1. The molecule has 3 rings (SSSR count). The van der Waals surface area contributed by atoms with Gasteiger partial charge in [0.25, 0.3) is 5.91 Å². The Kier molecular flexibility index (Phi) is 7.53. The predicted molar refractivity (Wildman–Crippen MR) is 109 cm³/mol. The Balaban J connectivity index is 1.48. The third kappa shape index (κ3) is 5.67. The van der Waals surface area contributed by atoms with Crippen LogP contribution >= 0.6 is 11.6 Å². The minimum absolute atomic E-state index is 0.00374. The van der Waals surface area contributed by atoms with Crippen LogP contribution in [0.3, 0.4) is 0 Å². The van der Waals surface area contributed by atoms with Crippen molar-refractivity contribution in [3.05, 3.63) is 76.5 Å². The van der Waals surface area contributed by atoms with E-state index in [-0.39, 0.29) is 47.2 Å². The fourth-order valence-corrected chi connectivity index (χ4v) is 3.04. The first-order chi connectivity index (χ1) is 15.3. The van der Waals surface area contributed by atoms with Crippen LogP contribution in [0, 0.1) is 17.5 Å². The van der Waals surface area contributed by atoms with Crippen LogP contribution in [0.4, 0.5) is 13.2 Å². The van der Waals surface area contributed by atoms with Crippen molar-refractivity contribution in [2.24, 2.45) is 0 Å². The average molecular weight is 467 g/mol. The number of aromatic nitrogens is 1. The van der Waals surface area contributed by atoms with E-state index in [1.165, 1.54) is 36.2 Å². The van der Waals surface area contributed by atoms with Gasteiger partial charge >= 0.3 is 5.97 Å². The van der Waals surface area contributed by atoms with Crippen LogP contribution in [-0.2, 0) is 27.3 Å². The molecule has 0 unspecified atom stereocenters. The first-order valence-corrected chi connectivity index (χ1v) is 9.85.